The van der Waals surface area contributed by atoms with E-state index in [-0.39, 0.29) is 55.8 Å². The molecular formula is C34H41N5O9. The highest BCUT2D eigenvalue weighted by molar-refractivity contribution is 5.95. The van der Waals surface area contributed by atoms with E-state index in [1.54, 1.807) is 57.2 Å². The molecular weight excluding hydrogens is 622 g/mol. The van der Waals surface area contributed by atoms with Gasteiger partial charge in [0.25, 0.3) is 5.91 Å². The van der Waals surface area contributed by atoms with Gasteiger partial charge >= 0.3 is 12.1 Å². The van der Waals surface area contributed by atoms with E-state index in [1.165, 1.54) is 23.2 Å². The molecule has 256 valence electrons. The number of aliphatic hydroxyl groups is 1. The van der Waals surface area contributed by atoms with Gasteiger partial charge in [0, 0.05) is 37.5 Å². The van der Waals surface area contributed by atoms with E-state index < -0.39 is 48.1 Å². The molecule has 2 aliphatic heterocycles. The largest absolute Gasteiger partial charge is 0.460 e. The molecule has 0 spiro atoms. The number of amides is 3. The third kappa shape index (κ3) is 10.5. The first-order chi connectivity index (χ1) is 23.0. The van der Waals surface area contributed by atoms with E-state index in [9.17, 15) is 29.1 Å². The number of aromatic nitrogens is 2. The van der Waals surface area contributed by atoms with Crippen LogP contribution in [0.3, 0.4) is 0 Å². The number of allylic oxidation sites excluding steroid dienone is 2. The van der Waals surface area contributed by atoms with E-state index in [0.717, 1.165) is 6.26 Å². The molecule has 14 heteroatoms. The summed E-state index contributed by atoms with van der Waals surface area (Å²) in [6.45, 7) is 5.61. The van der Waals surface area contributed by atoms with Crippen LogP contribution in [-0.4, -0.2) is 87.6 Å². The number of aliphatic hydroxyl groups excluding tert-OH is 1. The monoisotopic (exact) mass is 663 g/mol. The molecule has 0 radical (unpaired) electrons. The number of ether oxygens (including phenoxy) is 2. The zero-order chi connectivity index (χ0) is 34.6. The van der Waals surface area contributed by atoms with Crippen LogP contribution in [0.1, 0.15) is 56.4 Å². The number of pyridine rings is 1. The predicted octanol–water partition coefficient (Wildman–Crippen LogP) is 3.16. The van der Waals surface area contributed by atoms with Crippen molar-refractivity contribution in [2.75, 3.05) is 25.0 Å². The van der Waals surface area contributed by atoms with Gasteiger partial charge in [-0.1, -0.05) is 49.8 Å². The molecule has 3 N–H and O–H groups in total. The Balaban J connectivity index is 1.54. The van der Waals surface area contributed by atoms with E-state index in [4.69, 9.17) is 13.9 Å². The first-order valence-electron chi connectivity index (χ1n) is 15.8. The van der Waals surface area contributed by atoms with Gasteiger partial charge in [-0.05, 0) is 38.0 Å². The molecule has 4 heterocycles. The van der Waals surface area contributed by atoms with Crippen molar-refractivity contribution >= 4 is 35.5 Å². The Morgan fingerprint density at radius 2 is 2.04 bits per heavy atom. The maximum atomic E-state index is 13.6. The molecule has 1 saturated heterocycles. The zero-order valence-electron chi connectivity index (χ0n) is 27.2. The van der Waals surface area contributed by atoms with Gasteiger partial charge < -0.3 is 29.2 Å². The van der Waals surface area contributed by atoms with Gasteiger partial charge in [-0.25, -0.2) is 19.6 Å². The second kappa shape index (κ2) is 17.2. The fraction of sp³-hybridized carbons (Fsp3) is 0.441. The summed E-state index contributed by atoms with van der Waals surface area (Å²) in [5, 5.41) is 15.6. The summed E-state index contributed by atoms with van der Waals surface area (Å²) in [4.78, 5) is 74.2. The van der Waals surface area contributed by atoms with Crippen molar-refractivity contribution in [2.45, 2.75) is 64.7 Å². The molecule has 5 atom stereocenters. The standard InChI is InChI=1S/C34H41N5O9/c1-21-8-6-14-36-29(42)12-11-22(2)31(23(3)19-47-34(45)38-28-10-4-5-13-35-28)48-33(44)27-9-7-15-39(27)32(43)26-20-46-30(37-26)18-25(41)17-24(40)16-21/h4-6,8,10-13,16,20,22-24,27,31,40H,7,9,14-15,17-19H2,1-3H3,(H,36,42)(H,35,38,45)/b8-6?,12-11+,21-16?/t22-,23+,24-,27-,31+/m1/s1. The number of hydrogen-bond acceptors (Lipinski definition) is 11. The summed E-state index contributed by atoms with van der Waals surface area (Å²) in [6.07, 6.45) is 8.38. The third-order valence-corrected chi connectivity index (χ3v) is 7.83. The summed E-state index contributed by atoms with van der Waals surface area (Å²) in [5.41, 5.74) is 0.628. The Kier molecular flexibility index (Phi) is 12.8. The van der Waals surface area contributed by atoms with Crippen LogP contribution in [-0.2, 0) is 30.3 Å². The molecule has 1 fully saturated rings. The summed E-state index contributed by atoms with van der Waals surface area (Å²) in [6, 6.07) is 4.11. The van der Waals surface area contributed by atoms with Crippen LogP contribution in [0, 0.1) is 11.8 Å². The highest BCUT2D eigenvalue weighted by Gasteiger charge is 2.39. The quantitative estimate of drug-likeness (QED) is 0.408. The minimum absolute atomic E-state index is 0.0187. The number of nitrogens with one attached hydrogen (secondary N) is 2. The average molecular weight is 664 g/mol. The van der Waals surface area contributed by atoms with Crippen LogP contribution >= 0.6 is 0 Å². The molecule has 2 aliphatic rings. The van der Waals surface area contributed by atoms with Crippen molar-refractivity contribution in [2.24, 2.45) is 11.8 Å². The Bertz CT molecular complexity index is 1550. The van der Waals surface area contributed by atoms with Crippen molar-refractivity contribution in [1.29, 1.82) is 0 Å². The minimum Gasteiger partial charge on any atom is -0.460 e. The fourth-order valence-electron chi connectivity index (χ4n) is 5.43. The molecule has 0 aromatic carbocycles. The number of nitrogens with zero attached hydrogens (tertiary/aromatic N) is 3. The van der Waals surface area contributed by atoms with Crippen molar-refractivity contribution < 1.29 is 43.0 Å². The Hall–Kier alpha value is -5.11. The number of esters is 1. The number of anilines is 1. The predicted molar refractivity (Wildman–Crippen MR) is 172 cm³/mol. The number of carbonyl (C=O) groups is 5. The van der Waals surface area contributed by atoms with Crippen molar-refractivity contribution in [3.8, 4) is 0 Å². The maximum Gasteiger partial charge on any atom is 0.412 e. The van der Waals surface area contributed by atoms with Crippen molar-refractivity contribution in [3.05, 3.63) is 78.2 Å². The van der Waals surface area contributed by atoms with Gasteiger partial charge in [-0.15, -0.1) is 0 Å². The topological polar surface area (TPSA) is 190 Å². The molecule has 14 nitrogen and oxygen atoms in total. The first-order valence-corrected chi connectivity index (χ1v) is 15.8. The van der Waals surface area contributed by atoms with E-state index in [2.05, 4.69) is 20.6 Å². The van der Waals surface area contributed by atoms with E-state index in [1.807, 2.05) is 0 Å². The molecule has 2 bridgehead atoms. The van der Waals surface area contributed by atoms with Crippen LogP contribution < -0.4 is 10.6 Å². The summed E-state index contributed by atoms with van der Waals surface area (Å²) < 4.78 is 16.8. The van der Waals surface area contributed by atoms with Gasteiger partial charge in [0.2, 0.25) is 11.8 Å². The molecule has 48 heavy (non-hydrogen) atoms. The zero-order valence-corrected chi connectivity index (χ0v) is 27.2. The number of oxazole rings is 1. The number of Topliss-reactive ketones (excluding diaryl/α,β-unsaturated/α-hetero) is 1. The molecule has 0 aliphatic carbocycles. The second-order valence-electron chi connectivity index (χ2n) is 11.9. The number of ketones is 1. The minimum atomic E-state index is -1.05. The number of cyclic esters (lactones) is 1. The Labute approximate surface area is 278 Å². The summed E-state index contributed by atoms with van der Waals surface area (Å²) >= 11 is 0. The van der Waals surface area contributed by atoms with Crippen molar-refractivity contribution in [1.82, 2.24) is 20.2 Å². The lowest BCUT2D eigenvalue weighted by molar-refractivity contribution is -0.159. The lowest BCUT2D eigenvalue weighted by Gasteiger charge is -2.30. The number of fused-ring (bicyclic) bond motifs is 3. The van der Waals surface area contributed by atoms with Gasteiger partial charge in [0.1, 0.15) is 30.0 Å². The highest BCUT2D eigenvalue weighted by atomic mass is 16.6. The third-order valence-electron chi connectivity index (χ3n) is 7.83. The van der Waals surface area contributed by atoms with E-state index in [0.29, 0.717) is 24.2 Å². The number of rotatable bonds is 4. The van der Waals surface area contributed by atoms with Gasteiger partial charge in [0.05, 0.1) is 19.1 Å². The smallest absolute Gasteiger partial charge is 0.412 e. The van der Waals surface area contributed by atoms with Crippen LogP contribution in [0.25, 0.3) is 0 Å². The Morgan fingerprint density at radius 3 is 2.81 bits per heavy atom. The van der Waals surface area contributed by atoms with Crippen LogP contribution in [0.4, 0.5) is 10.6 Å². The van der Waals surface area contributed by atoms with E-state index >= 15 is 0 Å². The lowest BCUT2D eigenvalue weighted by atomic mass is 9.93. The molecule has 2 aromatic heterocycles. The molecule has 2 aromatic rings. The van der Waals surface area contributed by atoms with Gasteiger partial charge in [-0.3, -0.25) is 19.7 Å². The Morgan fingerprint density at radius 1 is 1.23 bits per heavy atom. The lowest BCUT2D eigenvalue weighted by Crippen LogP contribution is -2.44. The van der Waals surface area contributed by atoms with Gasteiger partial charge in [-0.2, -0.15) is 0 Å². The molecule has 4 rings (SSSR count). The average Bonchev–Trinajstić information content (AvgIpc) is 3.73. The van der Waals surface area contributed by atoms with Crippen LogP contribution in [0.5, 0.6) is 0 Å². The molecule has 0 saturated carbocycles. The van der Waals surface area contributed by atoms with Crippen molar-refractivity contribution in [3.63, 3.8) is 0 Å². The van der Waals surface area contributed by atoms with Gasteiger partial charge in [0.15, 0.2) is 5.69 Å². The number of carbonyl (C=O) groups excluding carboxylic acids is 5. The van der Waals surface area contributed by atoms with Crippen LogP contribution in [0.15, 0.2) is 71.0 Å². The highest BCUT2D eigenvalue weighted by Crippen LogP contribution is 2.26. The second-order valence-corrected chi connectivity index (χ2v) is 11.9. The fourth-order valence-corrected chi connectivity index (χ4v) is 5.43. The normalized spacial score (nSPS) is 24.5. The SMILES string of the molecule is CC1=C[C@@H](O)CC(=O)Cc2nc(co2)C(=O)N2CCC[C@@H]2C(=O)O[C@H]([C@@H](C)COC(=O)Nc2ccccn2)[C@H](C)/C=C/C(=O)NCC=C1. The van der Waals surface area contributed by atoms with Crippen LogP contribution in [0.2, 0.25) is 0 Å². The number of hydrogen-bond donors (Lipinski definition) is 3. The maximum absolute atomic E-state index is 13.6. The molecule has 3 amide bonds. The summed E-state index contributed by atoms with van der Waals surface area (Å²) in [5.74, 6) is -2.63. The summed E-state index contributed by atoms with van der Waals surface area (Å²) in [7, 11) is 0. The first kappa shape index (κ1) is 35.7. The molecule has 0 unspecified atom stereocenters.